The summed E-state index contributed by atoms with van der Waals surface area (Å²) in [6, 6.07) is 5.68. The highest BCUT2D eigenvalue weighted by Gasteiger charge is 2.80. The van der Waals surface area contributed by atoms with Crippen LogP contribution in [0.15, 0.2) is 72.9 Å². The summed E-state index contributed by atoms with van der Waals surface area (Å²) in [5.74, 6) is -19.5. The lowest BCUT2D eigenvalue weighted by atomic mass is 10.2. The van der Waals surface area contributed by atoms with E-state index in [1.54, 1.807) is 26.6 Å². The molecule has 0 N–H and O–H groups in total. The topological polar surface area (TPSA) is 218 Å². The second-order valence-corrected chi connectivity index (χ2v) is 47.7. The fourth-order valence-corrected chi connectivity index (χ4v) is 46.3. The quantitative estimate of drug-likeness (QED) is 0.0149. The molecule has 1 aromatic carbocycles. The molecular formula is C58H92F11NO19Si6. The fourth-order valence-electron chi connectivity index (χ4n) is 9.55. The first-order valence-corrected chi connectivity index (χ1v) is 45.8. The van der Waals surface area contributed by atoms with Crippen molar-refractivity contribution in [1.82, 2.24) is 0 Å². The number of carbonyl (C=O) groups excluding carboxylic acids is 5. The van der Waals surface area contributed by atoms with Gasteiger partial charge in [0, 0.05) is 61.5 Å². The van der Waals surface area contributed by atoms with E-state index in [2.05, 4.69) is 31.1 Å². The van der Waals surface area contributed by atoms with Gasteiger partial charge in [0.05, 0.1) is 34.5 Å². The molecule has 20 nitrogen and oxygen atoms in total. The first-order chi connectivity index (χ1) is 43.5. The van der Waals surface area contributed by atoms with Crippen molar-refractivity contribution in [3.05, 3.63) is 72.9 Å². The molecule has 1 heterocycles. The molecule has 6 unspecified atom stereocenters. The summed E-state index contributed by atoms with van der Waals surface area (Å²) in [5.41, 5.74) is 0.0934. The summed E-state index contributed by atoms with van der Waals surface area (Å²) in [7, 11) is -22.2. The Bertz CT molecular complexity index is 2690. The van der Waals surface area contributed by atoms with Gasteiger partial charge in [-0.25, -0.2) is 19.2 Å². The third-order valence-corrected chi connectivity index (χ3v) is 46.2. The molecule has 1 saturated heterocycles. The van der Waals surface area contributed by atoms with Gasteiger partial charge in [0.2, 0.25) is 0 Å². The first-order valence-electron chi connectivity index (χ1n) is 30.3. The van der Waals surface area contributed by atoms with Gasteiger partial charge in [-0.3, -0.25) is 9.53 Å². The second kappa shape index (κ2) is 36.7. The zero-order chi connectivity index (χ0) is 72.9. The summed E-state index contributed by atoms with van der Waals surface area (Å²) < 4.78 is 240. The van der Waals surface area contributed by atoms with E-state index in [-0.39, 0.29) is 149 Å². The first kappa shape index (κ1) is 86.7. The van der Waals surface area contributed by atoms with Crippen LogP contribution in [-0.4, -0.2) is 197 Å². The van der Waals surface area contributed by atoms with Crippen molar-refractivity contribution in [2.75, 3.05) is 91.2 Å². The number of halogens is 11. The SMILES string of the molecule is C=C(C)C(=O)OCCOCCC[Si]1(C)O[Si](C)(CCCOCCOC(=O)C(=C)C)O[Si](C)(CCCOCCOC(=O)C(=C)C)O[Si](C)(C(C)[Si](C)(C)c2cccc(N(C)C(=O)C(F)(OC(F)(F)C(F)(F)C(F)(F)F)C(F)(F)F)c2)O[Si](C)(CCCOCCOC(=O)C(=C)C)O1. The largest absolute Gasteiger partial charge is 0.462 e. The van der Waals surface area contributed by atoms with Crippen LogP contribution >= 0.6 is 0 Å². The maximum Gasteiger partial charge on any atom is 0.462 e. The Balaban J connectivity index is 2.99. The van der Waals surface area contributed by atoms with Crippen LogP contribution in [0.4, 0.5) is 54.0 Å². The van der Waals surface area contributed by atoms with Crippen molar-refractivity contribution in [3.63, 3.8) is 0 Å². The van der Waals surface area contributed by atoms with Crippen molar-refractivity contribution >= 4 is 91.5 Å². The van der Waals surface area contributed by atoms with Crippen LogP contribution in [0.3, 0.4) is 0 Å². The molecule has 37 heteroatoms. The smallest absolute Gasteiger partial charge is 0.460 e. The highest BCUT2D eigenvalue weighted by Crippen LogP contribution is 2.52. The van der Waals surface area contributed by atoms with Crippen molar-refractivity contribution in [2.24, 2.45) is 0 Å². The highest BCUT2D eigenvalue weighted by molar-refractivity contribution is 7.04. The third-order valence-electron chi connectivity index (χ3n) is 14.8. The summed E-state index contributed by atoms with van der Waals surface area (Å²) >= 11 is 0. The highest BCUT2D eigenvalue weighted by atomic mass is 28.5. The van der Waals surface area contributed by atoms with Crippen LogP contribution in [0.2, 0.25) is 75.2 Å². The maximum atomic E-state index is 15.9. The lowest BCUT2D eigenvalue weighted by molar-refractivity contribution is -0.472. The number of amides is 1. The molecule has 0 spiro atoms. The summed E-state index contributed by atoms with van der Waals surface area (Å²) in [4.78, 5) is 61.6. The number of rotatable bonds is 40. The molecule has 1 amide bonds. The molecule has 1 aromatic rings. The maximum absolute atomic E-state index is 15.9. The predicted octanol–water partition coefficient (Wildman–Crippen LogP) is 12.1. The lowest BCUT2D eigenvalue weighted by Gasteiger charge is -2.53. The average molecular weight is 1480 g/mol. The molecule has 1 aliphatic rings. The van der Waals surface area contributed by atoms with Gasteiger partial charge >= 0.3 is 103 Å². The monoisotopic (exact) mass is 1480 g/mol. The Kier molecular flexibility index (Phi) is 33.5. The van der Waals surface area contributed by atoms with E-state index < -0.39 is 122 Å². The van der Waals surface area contributed by atoms with Gasteiger partial charge in [-0.2, -0.15) is 48.3 Å². The Hall–Kier alpha value is -4.34. The normalized spacial score (nSPS) is 22.5. The zero-order valence-corrected chi connectivity index (χ0v) is 62.2. The molecule has 2 rings (SSSR count). The molecule has 0 aromatic heterocycles. The van der Waals surface area contributed by atoms with E-state index in [4.69, 9.17) is 58.5 Å². The van der Waals surface area contributed by atoms with Gasteiger partial charge in [0.1, 0.15) is 26.4 Å². The van der Waals surface area contributed by atoms with Crippen molar-refractivity contribution < 1.29 is 135 Å². The van der Waals surface area contributed by atoms with Gasteiger partial charge < -0.3 is 63.4 Å². The standard InChI is InChI=1S/C58H92F11NO19Si6/c1-42(2)49(71)80-33-29-76-25-19-37-91(13)85-92(14,38-20-26-77-30-34-81-50(72)43(3)4)87-94(16,40-22-28-79-32-36-83-52(74)45(7)8)89-95(17,88-93(15,86-91)39-21-27-78-31-35-82-51(73)44(5)6)46(9)90(11,12)48-24-18-23-47(41-48)70(10)53(75)54(59,56(62,63)64)84-58(68,69)55(60,61)57(65,66)67/h18,23-24,41,46H,1,3,5,7,19-22,25-40H2,2,4,6,8-17H3. The molecule has 6 atom stereocenters. The number of nitrogens with zero attached hydrogens (tertiary/aromatic N) is 1. The van der Waals surface area contributed by atoms with Crippen molar-refractivity contribution in [3.8, 4) is 0 Å². The van der Waals surface area contributed by atoms with Gasteiger partial charge in [-0.1, -0.05) is 63.7 Å². The number of likely N-dealkylation sites (N-methyl/N-ethyl adjacent to an activating group) is 1. The predicted molar refractivity (Wildman–Crippen MR) is 341 cm³/mol. The summed E-state index contributed by atoms with van der Waals surface area (Å²) in [6.45, 7) is 35.1. The Morgan fingerprint density at radius 2 is 0.800 bits per heavy atom. The number of ether oxygens (including phenoxy) is 9. The van der Waals surface area contributed by atoms with Crippen LogP contribution < -0.4 is 10.1 Å². The van der Waals surface area contributed by atoms with E-state index >= 15 is 4.39 Å². The number of esters is 4. The van der Waals surface area contributed by atoms with E-state index in [1.807, 2.05) is 26.2 Å². The second-order valence-electron chi connectivity index (χ2n) is 24.2. The molecule has 1 aliphatic heterocycles. The number of anilines is 1. The number of carbonyl (C=O) groups is 5. The molecule has 0 bridgehead atoms. The zero-order valence-electron chi connectivity index (χ0n) is 56.2. The summed E-state index contributed by atoms with van der Waals surface area (Å²) in [6.07, 6.45) is -20.3. The van der Waals surface area contributed by atoms with Crippen LogP contribution in [-0.2, 0) is 87.2 Å². The van der Waals surface area contributed by atoms with Gasteiger partial charge in [-0.05, 0) is 128 Å². The van der Waals surface area contributed by atoms with Crippen molar-refractivity contribution in [2.45, 2.75) is 166 Å². The molecule has 1 fully saturated rings. The van der Waals surface area contributed by atoms with Gasteiger partial charge in [-0.15, -0.1) is 0 Å². The third kappa shape index (κ3) is 26.7. The molecular weight excluding hydrogens is 1390 g/mol. The van der Waals surface area contributed by atoms with Crippen molar-refractivity contribution in [1.29, 1.82) is 0 Å². The van der Waals surface area contributed by atoms with E-state index in [9.17, 15) is 67.9 Å². The van der Waals surface area contributed by atoms with E-state index in [0.717, 1.165) is 12.1 Å². The number of alkyl halides is 11. The van der Waals surface area contributed by atoms with Crippen LogP contribution in [0, 0.1) is 0 Å². The number of hydrogen-bond acceptors (Lipinski definition) is 19. The van der Waals surface area contributed by atoms with Gasteiger partial charge in [0.25, 0.3) is 0 Å². The van der Waals surface area contributed by atoms with Gasteiger partial charge in [0.15, 0.2) is 0 Å². The molecule has 95 heavy (non-hydrogen) atoms. The van der Waals surface area contributed by atoms with Crippen LogP contribution in [0.1, 0.15) is 60.3 Å². The molecule has 0 radical (unpaired) electrons. The Morgan fingerprint density at radius 1 is 0.495 bits per heavy atom. The average Bonchev–Trinajstić information content (AvgIpc) is 0.750. The number of benzene rings is 1. The Morgan fingerprint density at radius 3 is 1.08 bits per heavy atom. The molecule has 544 valence electrons. The van der Waals surface area contributed by atoms with Crippen LogP contribution in [0.25, 0.3) is 0 Å². The van der Waals surface area contributed by atoms with E-state index in [1.165, 1.54) is 39.8 Å². The van der Waals surface area contributed by atoms with E-state index in [0.29, 0.717) is 19.9 Å². The summed E-state index contributed by atoms with van der Waals surface area (Å²) in [5, 5.41) is -0.467. The minimum Gasteiger partial charge on any atom is -0.460 e. The number of hydrogen-bond donors (Lipinski definition) is 0. The molecule has 0 saturated carbocycles. The minimum atomic E-state index is -7.41. The Labute approximate surface area is 554 Å². The molecule has 0 aliphatic carbocycles. The lowest BCUT2D eigenvalue weighted by Crippen LogP contribution is -2.70. The fraction of sp³-hybridized carbons (Fsp3) is 0.672. The van der Waals surface area contributed by atoms with Crippen LogP contribution in [0.5, 0.6) is 0 Å². The minimum absolute atomic E-state index is 0.00120.